The van der Waals surface area contributed by atoms with E-state index in [1.165, 1.54) is 0 Å². The van der Waals surface area contributed by atoms with Crippen LogP contribution in [0, 0.1) is 5.92 Å². The normalized spacial score (nSPS) is 11.4. The van der Waals surface area contributed by atoms with Gasteiger partial charge in [0.2, 0.25) is 17.7 Å². The number of hydrogen-bond acceptors (Lipinski definition) is 3. The predicted octanol–water partition coefficient (Wildman–Crippen LogP) is 1.67. The number of benzene rings is 1. The Hall–Kier alpha value is -1.89. The zero-order chi connectivity index (χ0) is 16.5. The molecule has 6 nitrogen and oxygen atoms in total. The van der Waals surface area contributed by atoms with Gasteiger partial charge in [0.15, 0.2) is 0 Å². The smallest absolute Gasteiger partial charge is 0.243 e. The van der Waals surface area contributed by atoms with Crippen LogP contribution >= 0.6 is 15.9 Å². The molecule has 0 saturated heterocycles. The number of carbonyl (C=O) groups is 3. The van der Waals surface area contributed by atoms with Gasteiger partial charge in [-0.3, -0.25) is 14.4 Å². The summed E-state index contributed by atoms with van der Waals surface area (Å²) in [6.45, 7) is 3.42. The van der Waals surface area contributed by atoms with E-state index in [1.54, 1.807) is 31.2 Å². The molecule has 0 spiro atoms. The van der Waals surface area contributed by atoms with Crippen molar-refractivity contribution in [2.24, 2.45) is 5.92 Å². The standard InChI is InChI=1S/C15H20BrN3O3/c1-3-10(2)15(22)18-8-13(20)17-9-14(21)19-12-6-4-11(16)5-7-12/h4-7,10H,3,8-9H2,1-2H3,(H,17,20)(H,18,22)(H,19,21). The van der Waals surface area contributed by atoms with Crippen molar-refractivity contribution < 1.29 is 14.4 Å². The first kappa shape index (κ1) is 18.2. The summed E-state index contributed by atoms with van der Waals surface area (Å²) in [5, 5.41) is 7.63. The van der Waals surface area contributed by atoms with Crippen LogP contribution in [0.1, 0.15) is 20.3 Å². The van der Waals surface area contributed by atoms with Crippen molar-refractivity contribution in [3.05, 3.63) is 28.7 Å². The molecule has 3 amide bonds. The number of amides is 3. The van der Waals surface area contributed by atoms with E-state index in [1.807, 2.05) is 6.92 Å². The number of halogens is 1. The summed E-state index contributed by atoms with van der Waals surface area (Å²) in [4.78, 5) is 34.7. The minimum absolute atomic E-state index is 0.130. The molecule has 0 fully saturated rings. The first-order valence-electron chi connectivity index (χ1n) is 7.02. The van der Waals surface area contributed by atoms with Gasteiger partial charge in [0.05, 0.1) is 13.1 Å². The fraction of sp³-hybridized carbons (Fsp3) is 0.400. The van der Waals surface area contributed by atoms with Crippen LogP contribution in [0.3, 0.4) is 0 Å². The Morgan fingerprint density at radius 1 is 1.05 bits per heavy atom. The molecule has 0 aliphatic rings. The third kappa shape index (κ3) is 6.71. The molecule has 22 heavy (non-hydrogen) atoms. The third-order valence-electron chi connectivity index (χ3n) is 3.06. The van der Waals surface area contributed by atoms with Gasteiger partial charge in [-0.1, -0.05) is 29.8 Å². The van der Waals surface area contributed by atoms with E-state index >= 15 is 0 Å². The van der Waals surface area contributed by atoms with E-state index in [0.717, 1.165) is 4.47 Å². The van der Waals surface area contributed by atoms with Gasteiger partial charge in [0, 0.05) is 16.1 Å². The molecule has 1 aromatic carbocycles. The summed E-state index contributed by atoms with van der Waals surface area (Å²) in [6, 6.07) is 7.10. The lowest BCUT2D eigenvalue weighted by Crippen LogP contribution is -2.41. The van der Waals surface area contributed by atoms with Gasteiger partial charge < -0.3 is 16.0 Å². The van der Waals surface area contributed by atoms with Crippen molar-refractivity contribution in [1.82, 2.24) is 10.6 Å². The van der Waals surface area contributed by atoms with E-state index < -0.39 is 5.91 Å². The highest BCUT2D eigenvalue weighted by Gasteiger charge is 2.12. The van der Waals surface area contributed by atoms with Crippen LogP contribution in [-0.2, 0) is 14.4 Å². The van der Waals surface area contributed by atoms with Crippen molar-refractivity contribution in [2.45, 2.75) is 20.3 Å². The number of nitrogens with one attached hydrogen (secondary N) is 3. The first-order valence-corrected chi connectivity index (χ1v) is 7.81. The summed E-state index contributed by atoms with van der Waals surface area (Å²) < 4.78 is 0.913. The largest absolute Gasteiger partial charge is 0.347 e. The molecule has 0 aromatic heterocycles. The molecule has 0 heterocycles. The SMILES string of the molecule is CCC(C)C(=O)NCC(=O)NCC(=O)Nc1ccc(Br)cc1. The van der Waals surface area contributed by atoms with Crippen LogP contribution in [0.4, 0.5) is 5.69 Å². The van der Waals surface area contributed by atoms with E-state index in [2.05, 4.69) is 31.9 Å². The lowest BCUT2D eigenvalue weighted by atomic mass is 10.1. The second kappa shape index (κ2) is 9.19. The Morgan fingerprint density at radius 2 is 1.64 bits per heavy atom. The van der Waals surface area contributed by atoms with Gasteiger partial charge in [0.25, 0.3) is 0 Å². The van der Waals surface area contributed by atoms with E-state index in [-0.39, 0.29) is 30.8 Å². The number of rotatable bonds is 7. The summed E-state index contributed by atoms with van der Waals surface area (Å²) in [7, 11) is 0. The first-order chi connectivity index (χ1) is 10.4. The molecule has 0 aliphatic heterocycles. The van der Waals surface area contributed by atoms with Crippen LogP contribution in [0.5, 0.6) is 0 Å². The molecule has 1 atom stereocenters. The Morgan fingerprint density at radius 3 is 2.23 bits per heavy atom. The van der Waals surface area contributed by atoms with E-state index in [9.17, 15) is 14.4 Å². The maximum absolute atomic E-state index is 11.7. The molecule has 120 valence electrons. The van der Waals surface area contributed by atoms with Crippen LogP contribution in [0.2, 0.25) is 0 Å². The summed E-state index contributed by atoms with van der Waals surface area (Å²) >= 11 is 3.30. The quantitative estimate of drug-likeness (QED) is 0.682. The van der Waals surface area contributed by atoms with Gasteiger partial charge in [0.1, 0.15) is 0 Å². The third-order valence-corrected chi connectivity index (χ3v) is 3.59. The molecule has 1 aromatic rings. The molecular weight excluding hydrogens is 350 g/mol. The van der Waals surface area contributed by atoms with Crippen LogP contribution in [0.15, 0.2) is 28.7 Å². The molecule has 0 radical (unpaired) electrons. The number of carbonyl (C=O) groups excluding carboxylic acids is 3. The Bertz CT molecular complexity index is 531. The average molecular weight is 370 g/mol. The molecular formula is C15H20BrN3O3. The zero-order valence-corrected chi connectivity index (χ0v) is 14.2. The van der Waals surface area contributed by atoms with Crippen LogP contribution < -0.4 is 16.0 Å². The lowest BCUT2D eigenvalue weighted by Gasteiger charge is -2.10. The van der Waals surface area contributed by atoms with Crippen molar-refractivity contribution in [3.63, 3.8) is 0 Å². The summed E-state index contributed by atoms with van der Waals surface area (Å²) in [5.41, 5.74) is 0.646. The maximum atomic E-state index is 11.7. The second-order valence-corrected chi connectivity index (χ2v) is 5.77. The van der Waals surface area contributed by atoms with E-state index in [4.69, 9.17) is 0 Å². The van der Waals surface area contributed by atoms with Gasteiger partial charge in [-0.2, -0.15) is 0 Å². The maximum Gasteiger partial charge on any atom is 0.243 e. The average Bonchev–Trinajstić information content (AvgIpc) is 2.52. The minimum atomic E-state index is -0.400. The topological polar surface area (TPSA) is 87.3 Å². The van der Waals surface area contributed by atoms with Gasteiger partial charge in [-0.25, -0.2) is 0 Å². The molecule has 0 aliphatic carbocycles. The minimum Gasteiger partial charge on any atom is -0.347 e. The van der Waals surface area contributed by atoms with Crippen molar-refractivity contribution in [1.29, 1.82) is 0 Å². The fourth-order valence-corrected chi connectivity index (χ4v) is 1.77. The van der Waals surface area contributed by atoms with Crippen molar-refractivity contribution in [3.8, 4) is 0 Å². The highest BCUT2D eigenvalue weighted by atomic mass is 79.9. The van der Waals surface area contributed by atoms with Crippen molar-refractivity contribution >= 4 is 39.3 Å². The Balaban J connectivity index is 2.27. The van der Waals surface area contributed by atoms with Gasteiger partial charge >= 0.3 is 0 Å². The van der Waals surface area contributed by atoms with Gasteiger partial charge in [-0.15, -0.1) is 0 Å². The lowest BCUT2D eigenvalue weighted by molar-refractivity contribution is -0.128. The Kier molecular flexibility index (Phi) is 7.59. The molecule has 1 unspecified atom stereocenters. The number of anilines is 1. The highest BCUT2D eigenvalue weighted by molar-refractivity contribution is 9.10. The number of hydrogen-bond donors (Lipinski definition) is 3. The van der Waals surface area contributed by atoms with Crippen LogP contribution in [0.25, 0.3) is 0 Å². The predicted molar refractivity (Wildman–Crippen MR) is 88.2 cm³/mol. The highest BCUT2D eigenvalue weighted by Crippen LogP contribution is 2.13. The molecule has 3 N–H and O–H groups in total. The monoisotopic (exact) mass is 369 g/mol. The molecule has 7 heteroatoms. The van der Waals surface area contributed by atoms with E-state index in [0.29, 0.717) is 12.1 Å². The summed E-state index contributed by atoms with van der Waals surface area (Å²) in [5.74, 6) is -1.03. The summed E-state index contributed by atoms with van der Waals surface area (Å²) in [6.07, 6.45) is 0.711. The zero-order valence-electron chi connectivity index (χ0n) is 12.6. The van der Waals surface area contributed by atoms with Gasteiger partial charge in [-0.05, 0) is 30.7 Å². The second-order valence-electron chi connectivity index (χ2n) is 4.86. The molecule has 1 rings (SSSR count). The van der Waals surface area contributed by atoms with Crippen molar-refractivity contribution in [2.75, 3.05) is 18.4 Å². The Labute approximate surface area is 138 Å². The van der Waals surface area contributed by atoms with Crippen LogP contribution in [-0.4, -0.2) is 30.8 Å². The molecule has 0 bridgehead atoms. The molecule has 0 saturated carbocycles. The fourth-order valence-electron chi connectivity index (χ4n) is 1.51.